The van der Waals surface area contributed by atoms with Crippen LogP contribution in [0.5, 0.6) is 0 Å². The maximum atomic E-state index is 12.0. The van der Waals surface area contributed by atoms with Gasteiger partial charge in [-0.05, 0) is 51.6 Å². The molecule has 3 aliphatic rings. The number of rotatable bonds is 5. The van der Waals surface area contributed by atoms with Crippen LogP contribution >= 0.6 is 0 Å². The molecule has 0 radical (unpaired) electrons. The van der Waals surface area contributed by atoms with Crippen LogP contribution in [0.25, 0.3) is 0 Å². The number of likely N-dealkylation sites (tertiary alicyclic amines) is 1. The zero-order valence-electron chi connectivity index (χ0n) is 11.8. The van der Waals surface area contributed by atoms with Crippen molar-refractivity contribution in [3.63, 3.8) is 0 Å². The molecule has 2 saturated heterocycles. The highest BCUT2D eigenvalue weighted by Crippen LogP contribution is 2.46. The molecule has 1 saturated carbocycles. The maximum absolute atomic E-state index is 12.0. The largest absolute Gasteiger partial charge is 0.368 e. The second kappa shape index (κ2) is 5.80. The third-order valence-corrected chi connectivity index (χ3v) is 4.82. The van der Waals surface area contributed by atoms with E-state index in [4.69, 9.17) is 4.74 Å². The minimum Gasteiger partial charge on any atom is -0.368 e. The van der Waals surface area contributed by atoms with Crippen LogP contribution in [-0.2, 0) is 9.53 Å². The molecule has 3 fully saturated rings. The van der Waals surface area contributed by atoms with Gasteiger partial charge in [-0.3, -0.25) is 4.79 Å². The second-order valence-electron chi connectivity index (χ2n) is 6.56. The fraction of sp³-hybridized carbons (Fsp3) is 0.933. The van der Waals surface area contributed by atoms with Gasteiger partial charge in [0.2, 0.25) is 5.91 Å². The predicted octanol–water partition coefficient (Wildman–Crippen LogP) is 1.55. The molecule has 1 unspecified atom stereocenters. The first-order chi connectivity index (χ1) is 9.27. The zero-order chi connectivity index (χ0) is 13.1. The summed E-state index contributed by atoms with van der Waals surface area (Å²) in [6, 6.07) is 0. The van der Waals surface area contributed by atoms with Crippen LogP contribution in [0, 0.1) is 5.41 Å². The average molecular weight is 266 g/mol. The van der Waals surface area contributed by atoms with Gasteiger partial charge in [-0.1, -0.05) is 6.42 Å². The van der Waals surface area contributed by atoms with E-state index in [9.17, 15) is 4.79 Å². The highest BCUT2D eigenvalue weighted by Gasteiger charge is 2.44. The van der Waals surface area contributed by atoms with Gasteiger partial charge in [-0.2, -0.15) is 0 Å². The highest BCUT2D eigenvalue weighted by molar-refractivity contribution is 5.81. The molecular formula is C15H26N2O2. The van der Waals surface area contributed by atoms with Crippen molar-refractivity contribution in [2.45, 2.75) is 51.0 Å². The highest BCUT2D eigenvalue weighted by atomic mass is 16.5. The van der Waals surface area contributed by atoms with Crippen molar-refractivity contribution < 1.29 is 9.53 Å². The Kier molecular flexibility index (Phi) is 4.08. The van der Waals surface area contributed by atoms with Gasteiger partial charge in [0.25, 0.3) is 0 Å². The van der Waals surface area contributed by atoms with E-state index in [2.05, 4.69) is 10.2 Å². The number of piperidine rings is 1. The average Bonchev–Trinajstić information content (AvgIpc) is 2.99. The number of carbonyl (C=O) groups excluding carboxylic acids is 1. The van der Waals surface area contributed by atoms with Crippen molar-refractivity contribution in [2.75, 3.05) is 32.8 Å². The molecule has 3 rings (SSSR count). The van der Waals surface area contributed by atoms with Crippen molar-refractivity contribution in [3.8, 4) is 0 Å². The molecule has 0 aromatic rings. The van der Waals surface area contributed by atoms with Crippen LogP contribution in [0.3, 0.4) is 0 Å². The molecule has 4 nitrogen and oxygen atoms in total. The lowest BCUT2D eigenvalue weighted by Gasteiger charge is -2.30. The molecule has 1 aliphatic carbocycles. The first-order valence-electron chi connectivity index (χ1n) is 7.89. The topological polar surface area (TPSA) is 41.6 Å². The first-order valence-corrected chi connectivity index (χ1v) is 7.89. The normalized spacial score (nSPS) is 30.2. The van der Waals surface area contributed by atoms with E-state index >= 15 is 0 Å². The van der Waals surface area contributed by atoms with Gasteiger partial charge in [0.1, 0.15) is 6.10 Å². The number of amides is 1. The Morgan fingerprint density at radius 1 is 1.21 bits per heavy atom. The summed E-state index contributed by atoms with van der Waals surface area (Å²) >= 11 is 0. The van der Waals surface area contributed by atoms with Gasteiger partial charge in [-0.25, -0.2) is 0 Å². The molecule has 2 heterocycles. The van der Waals surface area contributed by atoms with E-state index in [0.29, 0.717) is 5.41 Å². The third kappa shape index (κ3) is 3.48. The van der Waals surface area contributed by atoms with Crippen molar-refractivity contribution in [2.24, 2.45) is 5.41 Å². The molecule has 108 valence electrons. The molecule has 1 N–H and O–H groups in total. The molecule has 2 aliphatic heterocycles. The number of nitrogens with one attached hydrogen (secondary N) is 1. The van der Waals surface area contributed by atoms with Gasteiger partial charge in [0.15, 0.2) is 0 Å². The summed E-state index contributed by atoms with van der Waals surface area (Å²) < 4.78 is 5.43. The number of carbonyl (C=O) groups is 1. The lowest BCUT2D eigenvalue weighted by Crippen LogP contribution is -2.42. The molecular weight excluding hydrogens is 240 g/mol. The van der Waals surface area contributed by atoms with E-state index in [1.165, 1.54) is 51.7 Å². The summed E-state index contributed by atoms with van der Waals surface area (Å²) in [4.78, 5) is 14.6. The summed E-state index contributed by atoms with van der Waals surface area (Å²) in [5.74, 6) is 0.113. The van der Waals surface area contributed by atoms with Crippen LogP contribution in [0.2, 0.25) is 0 Å². The predicted molar refractivity (Wildman–Crippen MR) is 73.9 cm³/mol. The Morgan fingerprint density at radius 2 is 2.00 bits per heavy atom. The van der Waals surface area contributed by atoms with Crippen molar-refractivity contribution >= 4 is 5.91 Å². The SMILES string of the molecule is O=C(NCC1(CN2CCCCC2)CC1)C1CCCO1. The molecule has 1 atom stereocenters. The van der Waals surface area contributed by atoms with Crippen LogP contribution < -0.4 is 5.32 Å². The van der Waals surface area contributed by atoms with E-state index in [-0.39, 0.29) is 12.0 Å². The summed E-state index contributed by atoms with van der Waals surface area (Å²) in [7, 11) is 0. The minimum absolute atomic E-state index is 0.113. The van der Waals surface area contributed by atoms with Gasteiger partial charge in [0.05, 0.1) is 0 Å². The smallest absolute Gasteiger partial charge is 0.249 e. The lowest BCUT2D eigenvalue weighted by atomic mass is 10.0. The number of hydrogen-bond donors (Lipinski definition) is 1. The van der Waals surface area contributed by atoms with Crippen LogP contribution in [0.15, 0.2) is 0 Å². The number of nitrogens with zero attached hydrogens (tertiary/aromatic N) is 1. The van der Waals surface area contributed by atoms with Crippen LogP contribution in [0.4, 0.5) is 0 Å². The summed E-state index contributed by atoms with van der Waals surface area (Å²) in [6.07, 6.45) is 8.37. The van der Waals surface area contributed by atoms with Gasteiger partial charge < -0.3 is 15.0 Å². The molecule has 0 bridgehead atoms. The maximum Gasteiger partial charge on any atom is 0.249 e. The van der Waals surface area contributed by atoms with Crippen LogP contribution in [0.1, 0.15) is 44.9 Å². The van der Waals surface area contributed by atoms with Crippen molar-refractivity contribution in [1.29, 1.82) is 0 Å². The van der Waals surface area contributed by atoms with E-state index < -0.39 is 0 Å². The monoisotopic (exact) mass is 266 g/mol. The van der Waals surface area contributed by atoms with Crippen LogP contribution in [-0.4, -0.2) is 49.7 Å². The Morgan fingerprint density at radius 3 is 2.63 bits per heavy atom. The Bertz CT molecular complexity index is 316. The molecule has 0 spiro atoms. The Hall–Kier alpha value is -0.610. The molecule has 19 heavy (non-hydrogen) atoms. The van der Waals surface area contributed by atoms with Gasteiger partial charge >= 0.3 is 0 Å². The van der Waals surface area contributed by atoms with E-state index in [0.717, 1.165) is 26.0 Å². The van der Waals surface area contributed by atoms with Crippen molar-refractivity contribution in [3.05, 3.63) is 0 Å². The van der Waals surface area contributed by atoms with E-state index in [1.54, 1.807) is 0 Å². The molecule has 0 aromatic heterocycles. The number of hydrogen-bond acceptors (Lipinski definition) is 3. The van der Waals surface area contributed by atoms with Gasteiger partial charge in [-0.15, -0.1) is 0 Å². The lowest BCUT2D eigenvalue weighted by molar-refractivity contribution is -0.130. The summed E-state index contributed by atoms with van der Waals surface area (Å²) in [5.41, 5.74) is 0.381. The van der Waals surface area contributed by atoms with Crippen molar-refractivity contribution in [1.82, 2.24) is 10.2 Å². The first kappa shape index (κ1) is 13.4. The fourth-order valence-corrected chi connectivity index (χ4v) is 3.33. The fourth-order valence-electron chi connectivity index (χ4n) is 3.33. The molecule has 4 heteroatoms. The third-order valence-electron chi connectivity index (χ3n) is 4.82. The summed E-state index contributed by atoms with van der Waals surface area (Å²) in [5, 5.41) is 3.13. The van der Waals surface area contributed by atoms with Gasteiger partial charge in [0, 0.05) is 25.1 Å². The standard InChI is InChI=1S/C15H26N2O2/c18-14(13-5-4-10-19-13)16-11-15(6-7-15)12-17-8-2-1-3-9-17/h13H,1-12H2,(H,16,18). The Labute approximate surface area is 115 Å². The minimum atomic E-state index is -0.175. The molecule has 1 amide bonds. The Balaban J connectivity index is 1.42. The second-order valence-corrected chi connectivity index (χ2v) is 6.56. The summed E-state index contributed by atoms with van der Waals surface area (Å²) in [6.45, 7) is 5.28. The quantitative estimate of drug-likeness (QED) is 0.821. The number of ether oxygens (including phenoxy) is 1. The molecule has 0 aromatic carbocycles. The zero-order valence-corrected chi connectivity index (χ0v) is 11.8. The van der Waals surface area contributed by atoms with E-state index in [1.807, 2.05) is 0 Å².